The summed E-state index contributed by atoms with van der Waals surface area (Å²) in [6.45, 7) is 6.92. The second-order valence-corrected chi connectivity index (χ2v) is 7.88. The van der Waals surface area contributed by atoms with E-state index in [4.69, 9.17) is 4.74 Å². The van der Waals surface area contributed by atoms with E-state index < -0.39 is 5.91 Å². The van der Waals surface area contributed by atoms with Gasteiger partial charge in [0.1, 0.15) is 11.4 Å². The number of H-pyrrole nitrogens is 1. The Morgan fingerprint density at radius 3 is 2.42 bits per heavy atom. The van der Waals surface area contributed by atoms with Gasteiger partial charge in [-0.2, -0.15) is 0 Å². The number of carbonyl (C=O) groups is 2. The van der Waals surface area contributed by atoms with Gasteiger partial charge in [0.25, 0.3) is 5.91 Å². The van der Waals surface area contributed by atoms with E-state index in [-0.39, 0.29) is 17.7 Å². The first-order chi connectivity index (χ1) is 12.3. The zero-order valence-electron chi connectivity index (χ0n) is 15.2. The molecule has 1 heterocycles. The topological polar surface area (TPSA) is 83.2 Å². The molecule has 1 aromatic carbocycles. The van der Waals surface area contributed by atoms with E-state index in [1.807, 2.05) is 12.1 Å². The lowest BCUT2D eigenvalue weighted by Gasteiger charge is -2.19. The molecule has 3 N–H and O–H groups in total. The Labute approximate surface area is 161 Å². The maximum Gasteiger partial charge on any atom is 0.286 e. The van der Waals surface area contributed by atoms with Crippen LogP contribution in [-0.4, -0.2) is 23.4 Å². The highest BCUT2D eigenvalue weighted by molar-refractivity contribution is 9.10. The molecule has 0 aliphatic rings. The minimum absolute atomic E-state index is 0.108. The van der Waals surface area contributed by atoms with Gasteiger partial charge in [0.05, 0.1) is 6.61 Å². The second-order valence-electron chi connectivity index (χ2n) is 6.96. The SMILES string of the molecule is CC(C)(C)c1ccc(OCCCC(=O)NNC(=O)c2cc(Br)c[nH]2)cc1. The number of ether oxygens (including phenoxy) is 1. The van der Waals surface area contributed by atoms with Gasteiger partial charge in [0.15, 0.2) is 0 Å². The predicted molar refractivity (Wildman–Crippen MR) is 104 cm³/mol. The first-order valence-electron chi connectivity index (χ1n) is 8.42. The standard InChI is InChI=1S/C19H24BrN3O3/c1-19(2,3)13-6-8-15(9-7-13)26-10-4-5-17(24)22-23-18(25)16-11-14(20)12-21-16/h6-9,11-12,21H,4-5,10H2,1-3H3,(H,22,24)(H,23,25). The van der Waals surface area contributed by atoms with Crippen LogP contribution in [0.1, 0.15) is 49.7 Å². The van der Waals surface area contributed by atoms with Crippen molar-refractivity contribution in [1.82, 2.24) is 15.8 Å². The Hall–Kier alpha value is -2.28. The van der Waals surface area contributed by atoms with Crippen LogP contribution in [0.5, 0.6) is 5.75 Å². The van der Waals surface area contributed by atoms with E-state index in [0.717, 1.165) is 10.2 Å². The average Bonchev–Trinajstić information content (AvgIpc) is 3.03. The zero-order chi connectivity index (χ0) is 19.2. The van der Waals surface area contributed by atoms with Crippen molar-refractivity contribution in [2.24, 2.45) is 0 Å². The van der Waals surface area contributed by atoms with Gasteiger partial charge in [-0.15, -0.1) is 0 Å². The van der Waals surface area contributed by atoms with Gasteiger partial charge in [0, 0.05) is 17.1 Å². The molecule has 2 rings (SSSR count). The lowest BCUT2D eigenvalue weighted by Crippen LogP contribution is -2.41. The molecule has 0 saturated heterocycles. The van der Waals surface area contributed by atoms with E-state index in [1.54, 1.807) is 12.3 Å². The summed E-state index contributed by atoms with van der Waals surface area (Å²) in [6.07, 6.45) is 2.45. The summed E-state index contributed by atoms with van der Waals surface area (Å²) in [4.78, 5) is 26.3. The lowest BCUT2D eigenvalue weighted by molar-refractivity contribution is -0.122. The van der Waals surface area contributed by atoms with Gasteiger partial charge in [-0.25, -0.2) is 0 Å². The summed E-state index contributed by atoms with van der Waals surface area (Å²) < 4.78 is 6.41. The molecule has 1 aromatic heterocycles. The summed E-state index contributed by atoms with van der Waals surface area (Å²) in [5, 5.41) is 0. The van der Waals surface area contributed by atoms with Crippen molar-refractivity contribution in [2.45, 2.75) is 39.0 Å². The lowest BCUT2D eigenvalue weighted by atomic mass is 9.87. The zero-order valence-corrected chi connectivity index (χ0v) is 16.8. The molecule has 0 saturated carbocycles. The van der Waals surface area contributed by atoms with E-state index in [2.05, 4.69) is 64.7 Å². The van der Waals surface area contributed by atoms with Crippen LogP contribution in [0.3, 0.4) is 0 Å². The largest absolute Gasteiger partial charge is 0.494 e. The van der Waals surface area contributed by atoms with Crippen LogP contribution in [0, 0.1) is 0 Å². The summed E-state index contributed by atoms with van der Waals surface area (Å²) in [5.41, 5.74) is 6.46. The molecule has 26 heavy (non-hydrogen) atoms. The fourth-order valence-corrected chi connectivity index (χ4v) is 2.57. The number of halogens is 1. The van der Waals surface area contributed by atoms with Gasteiger partial charge in [-0.1, -0.05) is 32.9 Å². The van der Waals surface area contributed by atoms with E-state index >= 15 is 0 Å². The van der Waals surface area contributed by atoms with Crippen molar-refractivity contribution in [3.63, 3.8) is 0 Å². The number of aromatic amines is 1. The van der Waals surface area contributed by atoms with Gasteiger partial charge in [-0.3, -0.25) is 20.4 Å². The smallest absolute Gasteiger partial charge is 0.286 e. The van der Waals surface area contributed by atoms with Crippen molar-refractivity contribution >= 4 is 27.7 Å². The molecular weight excluding hydrogens is 398 g/mol. The van der Waals surface area contributed by atoms with Crippen LogP contribution in [0.25, 0.3) is 0 Å². The highest BCUT2D eigenvalue weighted by Gasteiger charge is 2.13. The number of aromatic nitrogens is 1. The van der Waals surface area contributed by atoms with Crippen LogP contribution in [0.4, 0.5) is 0 Å². The van der Waals surface area contributed by atoms with Crippen molar-refractivity contribution in [1.29, 1.82) is 0 Å². The number of hydrazine groups is 1. The van der Waals surface area contributed by atoms with Crippen LogP contribution in [0.2, 0.25) is 0 Å². The second kappa shape index (κ2) is 8.89. The van der Waals surface area contributed by atoms with E-state index in [0.29, 0.717) is 18.7 Å². The number of hydrogen-bond acceptors (Lipinski definition) is 3. The summed E-state index contributed by atoms with van der Waals surface area (Å²) >= 11 is 3.24. The molecule has 0 bridgehead atoms. The van der Waals surface area contributed by atoms with Crippen LogP contribution < -0.4 is 15.6 Å². The number of rotatable bonds is 6. The third-order valence-corrected chi connectivity index (χ3v) is 4.20. The van der Waals surface area contributed by atoms with Gasteiger partial charge >= 0.3 is 0 Å². The van der Waals surface area contributed by atoms with Crippen molar-refractivity contribution in [3.8, 4) is 5.75 Å². The van der Waals surface area contributed by atoms with Gasteiger partial charge in [0.2, 0.25) is 5.91 Å². The predicted octanol–water partition coefficient (Wildman–Crippen LogP) is 3.69. The van der Waals surface area contributed by atoms with Crippen LogP contribution in [0.15, 0.2) is 41.0 Å². The fraction of sp³-hybridized carbons (Fsp3) is 0.368. The molecule has 0 fully saturated rings. The first-order valence-corrected chi connectivity index (χ1v) is 9.21. The summed E-state index contributed by atoms with van der Waals surface area (Å²) in [7, 11) is 0. The monoisotopic (exact) mass is 421 g/mol. The highest BCUT2D eigenvalue weighted by atomic mass is 79.9. The maximum absolute atomic E-state index is 11.8. The molecule has 0 radical (unpaired) electrons. The molecule has 0 atom stereocenters. The van der Waals surface area contributed by atoms with Gasteiger partial charge in [-0.05, 0) is 51.5 Å². The number of amides is 2. The molecule has 2 amide bonds. The third-order valence-electron chi connectivity index (χ3n) is 3.75. The number of benzene rings is 1. The first kappa shape index (κ1) is 20.0. The quantitative estimate of drug-likeness (QED) is 0.491. The molecule has 6 nitrogen and oxygen atoms in total. The van der Waals surface area contributed by atoms with Crippen LogP contribution in [-0.2, 0) is 10.2 Å². The minimum atomic E-state index is -0.403. The molecule has 0 aliphatic heterocycles. The van der Waals surface area contributed by atoms with Crippen molar-refractivity contribution < 1.29 is 14.3 Å². The third kappa shape index (κ3) is 6.22. The highest BCUT2D eigenvalue weighted by Crippen LogP contribution is 2.24. The molecule has 2 aromatic rings. The van der Waals surface area contributed by atoms with Gasteiger partial charge < -0.3 is 9.72 Å². The Bertz CT molecular complexity index is 748. The Kier molecular flexibility index (Phi) is 6.85. The molecule has 0 aliphatic carbocycles. The van der Waals surface area contributed by atoms with E-state index in [9.17, 15) is 9.59 Å². The van der Waals surface area contributed by atoms with Crippen molar-refractivity contribution in [2.75, 3.05) is 6.61 Å². The van der Waals surface area contributed by atoms with E-state index in [1.165, 1.54) is 5.56 Å². The normalized spacial score (nSPS) is 11.1. The average molecular weight is 422 g/mol. The Morgan fingerprint density at radius 1 is 1.15 bits per heavy atom. The number of hydrogen-bond donors (Lipinski definition) is 3. The summed E-state index contributed by atoms with van der Waals surface area (Å²) in [5.74, 6) is 0.110. The van der Waals surface area contributed by atoms with Crippen LogP contribution >= 0.6 is 15.9 Å². The number of nitrogens with one attached hydrogen (secondary N) is 3. The molecule has 0 unspecified atom stereocenters. The fourth-order valence-electron chi connectivity index (χ4n) is 2.23. The minimum Gasteiger partial charge on any atom is -0.494 e. The van der Waals surface area contributed by atoms with Crippen molar-refractivity contribution in [3.05, 3.63) is 52.3 Å². The molecule has 0 spiro atoms. The number of carbonyl (C=O) groups excluding carboxylic acids is 2. The Morgan fingerprint density at radius 2 is 1.85 bits per heavy atom. The Balaban J connectivity index is 1.65. The summed E-state index contributed by atoms with van der Waals surface area (Å²) in [6, 6.07) is 9.61. The maximum atomic E-state index is 11.8. The molecule has 140 valence electrons. The molecular formula is C19H24BrN3O3. The molecule has 7 heteroatoms.